The maximum absolute atomic E-state index is 12.1. The molecule has 1 amide bonds. The van der Waals surface area contributed by atoms with Crippen molar-refractivity contribution in [2.75, 3.05) is 19.7 Å². The first-order chi connectivity index (χ1) is 13.7. The summed E-state index contributed by atoms with van der Waals surface area (Å²) in [7, 11) is 0. The number of hydrogen-bond donors (Lipinski definition) is 1. The SMILES string of the molecule is CC(COc1ccccc1)N1CCC(CCC(=O)NCc2cccnc2)CC1. The lowest BCUT2D eigenvalue weighted by atomic mass is 9.91. The van der Waals surface area contributed by atoms with Gasteiger partial charge in [-0.15, -0.1) is 0 Å². The van der Waals surface area contributed by atoms with E-state index in [4.69, 9.17) is 4.74 Å². The quantitative estimate of drug-likeness (QED) is 0.720. The fourth-order valence-electron chi connectivity index (χ4n) is 3.65. The summed E-state index contributed by atoms with van der Waals surface area (Å²) in [5.41, 5.74) is 1.04. The molecule has 0 aliphatic carbocycles. The molecule has 0 radical (unpaired) electrons. The second-order valence-corrected chi connectivity index (χ2v) is 7.63. The molecule has 2 aromatic rings. The smallest absolute Gasteiger partial charge is 0.220 e. The van der Waals surface area contributed by atoms with Crippen molar-refractivity contribution in [2.24, 2.45) is 5.92 Å². The Hall–Kier alpha value is -2.40. The van der Waals surface area contributed by atoms with Gasteiger partial charge in [0, 0.05) is 31.4 Å². The number of benzene rings is 1. The summed E-state index contributed by atoms with van der Waals surface area (Å²) in [6.07, 6.45) is 7.43. The van der Waals surface area contributed by atoms with Crippen molar-refractivity contribution in [3.63, 3.8) is 0 Å². The number of piperidine rings is 1. The summed E-state index contributed by atoms with van der Waals surface area (Å²) in [6.45, 7) is 5.67. The number of likely N-dealkylation sites (tertiary alicyclic amines) is 1. The zero-order chi connectivity index (χ0) is 19.6. The van der Waals surface area contributed by atoms with Crippen LogP contribution in [0.25, 0.3) is 0 Å². The molecule has 28 heavy (non-hydrogen) atoms. The average molecular weight is 382 g/mol. The normalized spacial score (nSPS) is 16.5. The van der Waals surface area contributed by atoms with E-state index in [0.717, 1.165) is 43.7 Å². The number of nitrogens with zero attached hydrogens (tertiary/aromatic N) is 2. The predicted molar refractivity (Wildman–Crippen MR) is 111 cm³/mol. The van der Waals surface area contributed by atoms with Gasteiger partial charge < -0.3 is 10.1 Å². The van der Waals surface area contributed by atoms with Crippen molar-refractivity contribution in [3.05, 3.63) is 60.4 Å². The van der Waals surface area contributed by atoms with Crippen LogP contribution in [0.15, 0.2) is 54.9 Å². The Morgan fingerprint density at radius 1 is 1.21 bits per heavy atom. The van der Waals surface area contributed by atoms with Crippen LogP contribution in [-0.4, -0.2) is 41.5 Å². The van der Waals surface area contributed by atoms with E-state index in [1.165, 1.54) is 0 Å². The molecule has 1 unspecified atom stereocenters. The average Bonchev–Trinajstić information content (AvgIpc) is 2.76. The third-order valence-electron chi connectivity index (χ3n) is 5.50. The summed E-state index contributed by atoms with van der Waals surface area (Å²) in [5.74, 6) is 1.71. The van der Waals surface area contributed by atoms with Crippen molar-refractivity contribution < 1.29 is 9.53 Å². The highest BCUT2D eigenvalue weighted by atomic mass is 16.5. The van der Waals surface area contributed by atoms with E-state index in [2.05, 4.69) is 22.1 Å². The molecule has 5 nitrogen and oxygen atoms in total. The van der Waals surface area contributed by atoms with Gasteiger partial charge in [0.15, 0.2) is 0 Å². The molecule has 1 atom stereocenters. The molecule has 1 N–H and O–H groups in total. The number of rotatable bonds is 9. The zero-order valence-corrected chi connectivity index (χ0v) is 16.7. The number of carbonyl (C=O) groups is 1. The van der Waals surface area contributed by atoms with Crippen LogP contribution in [0.2, 0.25) is 0 Å². The number of pyridine rings is 1. The lowest BCUT2D eigenvalue weighted by Crippen LogP contribution is -2.42. The van der Waals surface area contributed by atoms with Gasteiger partial charge in [0.1, 0.15) is 12.4 Å². The maximum atomic E-state index is 12.1. The Morgan fingerprint density at radius 2 is 2.00 bits per heavy atom. The number of carbonyl (C=O) groups excluding carboxylic acids is 1. The fourth-order valence-corrected chi connectivity index (χ4v) is 3.65. The Balaban J connectivity index is 1.30. The fraction of sp³-hybridized carbons (Fsp3) is 0.478. The first kappa shape index (κ1) is 20.3. The largest absolute Gasteiger partial charge is 0.492 e. The van der Waals surface area contributed by atoms with Gasteiger partial charge in [-0.2, -0.15) is 0 Å². The monoisotopic (exact) mass is 381 g/mol. The molecule has 3 rings (SSSR count). The van der Waals surface area contributed by atoms with Gasteiger partial charge >= 0.3 is 0 Å². The minimum absolute atomic E-state index is 0.135. The van der Waals surface area contributed by atoms with E-state index in [1.807, 2.05) is 42.5 Å². The highest BCUT2D eigenvalue weighted by Gasteiger charge is 2.23. The van der Waals surface area contributed by atoms with Crippen LogP contribution in [0.1, 0.15) is 38.2 Å². The van der Waals surface area contributed by atoms with Crippen LogP contribution in [0.4, 0.5) is 0 Å². The Morgan fingerprint density at radius 3 is 2.71 bits per heavy atom. The van der Waals surface area contributed by atoms with Gasteiger partial charge in [0.2, 0.25) is 5.91 Å². The molecule has 0 saturated carbocycles. The topological polar surface area (TPSA) is 54.5 Å². The van der Waals surface area contributed by atoms with Gasteiger partial charge in [0.25, 0.3) is 0 Å². The second kappa shape index (κ2) is 10.8. The number of aromatic nitrogens is 1. The molecule has 1 aliphatic rings. The number of amides is 1. The van der Waals surface area contributed by atoms with E-state index < -0.39 is 0 Å². The van der Waals surface area contributed by atoms with Gasteiger partial charge in [0.05, 0.1) is 0 Å². The third-order valence-corrected chi connectivity index (χ3v) is 5.50. The summed E-state index contributed by atoms with van der Waals surface area (Å²) in [4.78, 5) is 18.7. The first-order valence-electron chi connectivity index (χ1n) is 10.3. The molecule has 1 fully saturated rings. The van der Waals surface area contributed by atoms with Gasteiger partial charge in [-0.1, -0.05) is 24.3 Å². The van der Waals surface area contributed by atoms with Crippen molar-refractivity contribution in [1.82, 2.24) is 15.2 Å². The zero-order valence-electron chi connectivity index (χ0n) is 16.7. The van der Waals surface area contributed by atoms with Crippen LogP contribution < -0.4 is 10.1 Å². The molecule has 0 bridgehead atoms. The minimum atomic E-state index is 0.135. The molecular formula is C23H31N3O2. The molecule has 1 aromatic carbocycles. The Kier molecular flexibility index (Phi) is 7.85. The van der Waals surface area contributed by atoms with Gasteiger partial charge in [-0.25, -0.2) is 0 Å². The van der Waals surface area contributed by atoms with Crippen LogP contribution >= 0.6 is 0 Å². The lowest BCUT2D eigenvalue weighted by molar-refractivity contribution is -0.121. The van der Waals surface area contributed by atoms with Gasteiger partial charge in [-0.3, -0.25) is 14.7 Å². The third kappa shape index (κ3) is 6.64. The van der Waals surface area contributed by atoms with Crippen LogP contribution in [-0.2, 0) is 11.3 Å². The van der Waals surface area contributed by atoms with Crippen molar-refractivity contribution in [2.45, 2.75) is 45.2 Å². The van der Waals surface area contributed by atoms with Crippen LogP contribution in [0.3, 0.4) is 0 Å². The van der Waals surface area contributed by atoms with E-state index >= 15 is 0 Å². The summed E-state index contributed by atoms with van der Waals surface area (Å²) in [6, 6.07) is 14.3. The number of ether oxygens (including phenoxy) is 1. The molecule has 0 spiro atoms. The Bertz CT molecular complexity index is 700. The molecule has 1 aliphatic heterocycles. The summed E-state index contributed by atoms with van der Waals surface area (Å²) in [5, 5.41) is 2.99. The first-order valence-corrected chi connectivity index (χ1v) is 10.3. The van der Waals surface area contributed by atoms with Crippen LogP contribution in [0.5, 0.6) is 5.75 Å². The van der Waals surface area contributed by atoms with Crippen LogP contribution in [0, 0.1) is 5.92 Å². The van der Waals surface area contributed by atoms with Crippen molar-refractivity contribution in [3.8, 4) is 5.75 Å². The molecule has 150 valence electrons. The summed E-state index contributed by atoms with van der Waals surface area (Å²) >= 11 is 0. The molecule has 5 heteroatoms. The van der Waals surface area contributed by atoms with E-state index in [0.29, 0.717) is 31.5 Å². The minimum Gasteiger partial charge on any atom is -0.492 e. The van der Waals surface area contributed by atoms with E-state index in [9.17, 15) is 4.79 Å². The lowest BCUT2D eigenvalue weighted by Gasteiger charge is -2.35. The summed E-state index contributed by atoms with van der Waals surface area (Å²) < 4.78 is 5.89. The maximum Gasteiger partial charge on any atom is 0.220 e. The highest BCUT2D eigenvalue weighted by molar-refractivity contribution is 5.75. The van der Waals surface area contributed by atoms with E-state index in [1.54, 1.807) is 12.4 Å². The number of nitrogens with one attached hydrogen (secondary N) is 1. The predicted octanol–water partition coefficient (Wildman–Crippen LogP) is 3.66. The van der Waals surface area contributed by atoms with Gasteiger partial charge in [-0.05, 0) is 69.0 Å². The molecule has 1 saturated heterocycles. The van der Waals surface area contributed by atoms with Crippen molar-refractivity contribution >= 4 is 5.91 Å². The number of hydrogen-bond acceptors (Lipinski definition) is 4. The second-order valence-electron chi connectivity index (χ2n) is 7.63. The standard InChI is InChI=1S/C23H31N3O2/c1-19(18-28-22-7-3-2-4-8-22)26-14-11-20(12-15-26)9-10-23(27)25-17-21-6-5-13-24-16-21/h2-8,13,16,19-20H,9-12,14-15,17-18H2,1H3,(H,25,27). The molecular weight excluding hydrogens is 350 g/mol. The molecule has 2 heterocycles. The Labute approximate surface area is 168 Å². The highest BCUT2D eigenvalue weighted by Crippen LogP contribution is 2.23. The molecule has 1 aromatic heterocycles. The van der Waals surface area contributed by atoms with Crippen molar-refractivity contribution in [1.29, 1.82) is 0 Å². The number of para-hydroxylation sites is 1. The van der Waals surface area contributed by atoms with E-state index in [-0.39, 0.29) is 5.91 Å².